The quantitative estimate of drug-likeness (QED) is 0.903. The fourth-order valence-electron chi connectivity index (χ4n) is 2.76. The van der Waals surface area contributed by atoms with Gasteiger partial charge in [0.1, 0.15) is 4.90 Å². The van der Waals surface area contributed by atoms with Gasteiger partial charge >= 0.3 is 0 Å². The Morgan fingerprint density at radius 1 is 1.33 bits per heavy atom. The molecule has 0 saturated carbocycles. The molecule has 1 aliphatic heterocycles. The third-order valence-corrected chi connectivity index (χ3v) is 6.51. The number of halogens is 1. The highest BCUT2D eigenvalue weighted by atomic mass is 35.5. The van der Waals surface area contributed by atoms with E-state index in [1.54, 1.807) is 16.4 Å². The van der Waals surface area contributed by atoms with E-state index in [4.69, 9.17) is 11.6 Å². The number of aryl methyl sites for hydroxylation is 1. The van der Waals surface area contributed by atoms with Crippen molar-refractivity contribution < 1.29 is 8.42 Å². The first-order chi connectivity index (χ1) is 9.98. The van der Waals surface area contributed by atoms with Crippen LogP contribution in [-0.2, 0) is 10.0 Å². The Kier molecular flexibility index (Phi) is 5.66. The van der Waals surface area contributed by atoms with Crippen LogP contribution in [0.25, 0.3) is 0 Å². The van der Waals surface area contributed by atoms with Gasteiger partial charge in [-0.2, -0.15) is 4.31 Å². The predicted molar refractivity (Wildman–Crippen MR) is 86.3 cm³/mol. The summed E-state index contributed by atoms with van der Waals surface area (Å²) in [7, 11) is -3.54. The Bertz CT molecular complexity index is 583. The summed E-state index contributed by atoms with van der Waals surface area (Å²) in [6, 6.07) is 5.25. The molecular formula is C15H23ClN2O2S. The maximum absolute atomic E-state index is 13.0. The van der Waals surface area contributed by atoms with E-state index in [1.807, 2.05) is 19.9 Å². The molecule has 21 heavy (non-hydrogen) atoms. The number of piperidine rings is 1. The molecule has 1 fully saturated rings. The number of nitrogens with zero attached hydrogens (tertiary/aromatic N) is 1. The van der Waals surface area contributed by atoms with Crippen molar-refractivity contribution >= 4 is 21.6 Å². The Balaban J connectivity index is 2.39. The second-order valence-corrected chi connectivity index (χ2v) is 7.72. The molecule has 4 nitrogen and oxygen atoms in total. The van der Waals surface area contributed by atoms with Gasteiger partial charge in [0.2, 0.25) is 10.0 Å². The van der Waals surface area contributed by atoms with Gasteiger partial charge in [-0.05, 0) is 50.9 Å². The van der Waals surface area contributed by atoms with E-state index < -0.39 is 10.0 Å². The molecular weight excluding hydrogens is 308 g/mol. The SMILES string of the molecule is CCCN(C1CCNCC1)S(=O)(=O)c1cccc(C)c1Cl. The first-order valence-corrected chi connectivity index (χ1v) is 9.28. The van der Waals surface area contributed by atoms with E-state index in [2.05, 4.69) is 5.32 Å². The molecule has 0 spiro atoms. The van der Waals surface area contributed by atoms with Crippen molar-refractivity contribution in [1.29, 1.82) is 0 Å². The van der Waals surface area contributed by atoms with Gasteiger partial charge in [-0.25, -0.2) is 8.42 Å². The van der Waals surface area contributed by atoms with Crippen molar-refractivity contribution in [3.05, 3.63) is 28.8 Å². The van der Waals surface area contributed by atoms with Crippen molar-refractivity contribution in [3.63, 3.8) is 0 Å². The number of hydrogen-bond acceptors (Lipinski definition) is 3. The number of benzene rings is 1. The van der Waals surface area contributed by atoms with E-state index in [0.29, 0.717) is 11.6 Å². The van der Waals surface area contributed by atoms with Crippen molar-refractivity contribution in [2.75, 3.05) is 19.6 Å². The topological polar surface area (TPSA) is 49.4 Å². The molecule has 0 unspecified atom stereocenters. The molecule has 6 heteroatoms. The summed E-state index contributed by atoms with van der Waals surface area (Å²) in [6.07, 6.45) is 2.50. The average molecular weight is 331 g/mol. The van der Waals surface area contributed by atoms with Gasteiger partial charge in [0.05, 0.1) is 5.02 Å². The Morgan fingerprint density at radius 2 is 2.00 bits per heavy atom. The molecule has 1 N–H and O–H groups in total. The van der Waals surface area contributed by atoms with Gasteiger partial charge in [0.15, 0.2) is 0 Å². The van der Waals surface area contributed by atoms with Crippen molar-refractivity contribution in [2.45, 2.75) is 44.0 Å². The zero-order valence-corrected chi connectivity index (χ0v) is 14.2. The number of hydrogen-bond donors (Lipinski definition) is 1. The van der Waals surface area contributed by atoms with E-state index in [-0.39, 0.29) is 10.9 Å². The van der Waals surface area contributed by atoms with Crippen molar-refractivity contribution in [1.82, 2.24) is 9.62 Å². The van der Waals surface area contributed by atoms with Gasteiger partial charge in [0.25, 0.3) is 0 Å². The minimum absolute atomic E-state index is 0.0628. The van der Waals surface area contributed by atoms with Crippen molar-refractivity contribution in [2.24, 2.45) is 0 Å². The molecule has 0 amide bonds. The van der Waals surface area contributed by atoms with Crippen LogP contribution >= 0.6 is 11.6 Å². The summed E-state index contributed by atoms with van der Waals surface area (Å²) < 4.78 is 27.7. The van der Waals surface area contributed by atoms with Gasteiger partial charge in [-0.3, -0.25) is 0 Å². The fourth-order valence-corrected chi connectivity index (χ4v) is 5.10. The number of sulfonamides is 1. The molecule has 2 rings (SSSR count). The minimum atomic E-state index is -3.54. The van der Waals surface area contributed by atoms with Crippen LogP contribution in [0.1, 0.15) is 31.7 Å². The second kappa shape index (κ2) is 7.09. The van der Waals surface area contributed by atoms with E-state index in [1.165, 1.54) is 0 Å². The summed E-state index contributed by atoms with van der Waals surface area (Å²) in [5.41, 5.74) is 0.791. The standard InChI is InChI=1S/C15H23ClN2O2S/c1-3-11-18(13-7-9-17-10-8-13)21(19,20)14-6-4-5-12(2)15(14)16/h4-6,13,17H,3,7-11H2,1-2H3. The molecule has 118 valence electrons. The molecule has 1 aromatic rings. The van der Waals surface area contributed by atoms with Gasteiger partial charge in [-0.1, -0.05) is 30.7 Å². The predicted octanol–water partition coefficient (Wildman–Crippen LogP) is 2.80. The lowest BCUT2D eigenvalue weighted by Crippen LogP contribution is -2.46. The Hall–Kier alpha value is -0.620. The summed E-state index contributed by atoms with van der Waals surface area (Å²) in [4.78, 5) is 0.233. The molecule has 1 aromatic carbocycles. The van der Waals surface area contributed by atoms with Crippen LogP contribution in [0.5, 0.6) is 0 Å². The Morgan fingerprint density at radius 3 is 2.62 bits per heavy atom. The maximum Gasteiger partial charge on any atom is 0.244 e. The van der Waals surface area contributed by atoms with Crippen LogP contribution in [0, 0.1) is 6.92 Å². The molecule has 1 saturated heterocycles. The highest BCUT2D eigenvalue weighted by Crippen LogP contribution is 2.30. The summed E-state index contributed by atoms with van der Waals surface area (Å²) in [5.74, 6) is 0. The van der Waals surface area contributed by atoms with Crippen molar-refractivity contribution in [3.8, 4) is 0 Å². The zero-order valence-electron chi connectivity index (χ0n) is 12.6. The third kappa shape index (κ3) is 3.59. The lowest BCUT2D eigenvalue weighted by Gasteiger charge is -2.33. The molecule has 0 bridgehead atoms. The lowest BCUT2D eigenvalue weighted by atomic mass is 10.1. The molecule has 1 heterocycles. The highest BCUT2D eigenvalue weighted by molar-refractivity contribution is 7.89. The van der Waals surface area contributed by atoms with Crippen LogP contribution in [0.2, 0.25) is 5.02 Å². The lowest BCUT2D eigenvalue weighted by molar-refractivity contribution is 0.262. The smallest absolute Gasteiger partial charge is 0.244 e. The normalized spacial score (nSPS) is 17.3. The van der Waals surface area contributed by atoms with Gasteiger partial charge < -0.3 is 5.32 Å². The van der Waals surface area contributed by atoms with E-state index in [0.717, 1.165) is 37.9 Å². The minimum Gasteiger partial charge on any atom is -0.317 e. The summed E-state index contributed by atoms with van der Waals surface area (Å²) in [5, 5.41) is 3.62. The van der Waals surface area contributed by atoms with Gasteiger partial charge in [0, 0.05) is 12.6 Å². The molecule has 0 radical (unpaired) electrons. The largest absolute Gasteiger partial charge is 0.317 e. The van der Waals surface area contributed by atoms with Crippen LogP contribution in [0.15, 0.2) is 23.1 Å². The molecule has 0 atom stereocenters. The summed E-state index contributed by atoms with van der Waals surface area (Å²) in [6.45, 7) is 6.10. The van der Waals surface area contributed by atoms with Crippen LogP contribution in [0.4, 0.5) is 0 Å². The fraction of sp³-hybridized carbons (Fsp3) is 0.600. The number of nitrogens with one attached hydrogen (secondary N) is 1. The monoisotopic (exact) mass is 330 g/mol. The third-order valence-electron chi connectivity index (χ3n) is 3.90. The van der Waals surface area contributed by atoms with E-state index >= 15 is 0 Å². The summed E-state index contributed by atoms with van der Waals surface area (Å²) >= 11 is 6.24. The molecule has 1 aliphatic rings. The highest BCUT2D eigenvalue weighted by Gasteiger charge is 2.33. The molecule has 0 aromatic heterocycles. The van der Waals surface area contributed by atoms with Gasteiger partial charge in [-0.15, -0.1) is 0 Å². The zero-order chi connectivity index (χ0) is 15.5. The average Bonchev–Trinajstić information content (AvgIpc) is 2.48. The van der Waals surface area contributed by atoms with Crippen LogP contribution in [0.3, 0.4) is 0 Å². The van der Waals surface area contributed by atoms with Crippen LogP contribution in [-0.4, -0.2) is 38.4 Å². The number of rotatable bonds is 5. The molecule has 0 aliphatic carbocycles. The second-order valence-electron chi connectivity index (χ2n) is 5.48. The first-order valence-electron chi connectivity index (χ1n) is 7.46. The maximum atomic E-state index is 13.0. The van der Waals surface area contributed by atoms with Crippen LogP contribution < -0.4 is 5.32 Å². The Labute approximate surface area is 132 Å². The van der Waals surface area contributed by atoms with E-state index in [9.17, 15) is 8.42 Å². The first kappa shape index (κ1) is 16.7.